The number of hydrogen-bond acceptors (Lipinski definition) is 15. The largest absolute Gasteiger partial charge is 0.361 e. The van der Waals surface area contributed by atoms with Crippen LogP contribution in [0.2, 0.25) is 0 Å². The van der Waals surface area contributed by atoms with Gasteiger partial charge in [-0.05, 0) is 187 Å². The molecule has 0 spiro atoms. The zero-order valence-corrected chi connectivity index (χ0v) is 64.9. The minimum atomic E-state index is -1.45. The molecule has 1 aliphatic rings. The van der Waals surface area contributed by atoms with E-state index in [1.807, 2.05) is 121 Å². The van der Waals surface area contributed by atoms with E-state index in [-0.39, 0.29) is 96.9 Å². The summed E-state index contributed by atoms with van der Waals surface area (Å²) < 4.78 is 0. The number of nitrogens with two attached hydrogens (primary N) is 5. The molecular weight excluding hydrogens is 1460 g/mol. The number of aromatic nitrogens is 5. The Morgan fingerprint density at radius 3 is 0.513 bits per heavy atom. The molecule has 1 fully saturated rings. The maximum absolute atomic E-state index is 15.6. The molecule has 0 radical (unpaired) electrons. The maximum atomic E-state index is 15.6. The monoisotopic (exact) mass is 1570 g/mol. The van der Waals surface area contributed by atoms with Crippen molar-refractivity contribution in [2.45, 2.75) is 189 Å². The van der Waals surface area contributed by atoms with E-state index in [2.05, 4.69) is 78.1 Å². The number of para-hydroxylation sites is 5. The van der Waals surface area contributed by atoms with E-state index in [9.17, 15) is 0 Å². The van der Waals surface area contributed by atoms with Gasteiger partial charge in [0, 0.05) is 118 Å². The first-order chi connectivity index (χ1) is 55.9. The Hall–Kier alpha value is -11.7. The summed E-state index contributed by atoms with van der Waals surface area (Å²) in [6, 6.07) is 22.9. The summed E-state index contributed by atoms with van der Waals surface area (Å²) in [4.78, 5) is 172. The van der Waals surface area contributed by atoms with Crippen LogP contribution in [-0.4, -0.2) is 177 Å². The number of hydrogen-bond donors (Lipinski definition) is 20. The Morgan fingerprint density at radius 1 is 0.200 bits per heavy atom. The molecule has 5 aromatic carbocycles. The summed E-state index contributed by atoms with van der Waals surface area (Å²) >= 11 is 0. The molecule has 30 heteroatoms. The topological polar surface area (TPSA) is 500 Å². The third-order valence-electron chi connectivity index (χ3n) is 21.6. The third-order valence-corrected chi connectivity index (χ3v) is 21.6. The van der Waals surface area contributed by atoms with Gasteiger partial charge in [-0.2, -0.15) is 0 Å². The highest BCUT2D eigenvalue weighted by Crippen LogP contribution is 2.26. The van der Waals surface area contributed by atoms with Crippen molar-refractivity contribution in [3.8, 4) is 0 Å². The molecule has 610 valence electrons. The van der Waals surface area contributed by atoms with Crippen LogP contribution in [0.1, 0.15) is 124 Å². The summed E-state index contributed by atoms with van der Waals surface area (Å²) in [7, 11) is 0. The van der Waals surface area contributed by atoms with Crippen LogP contribution in [0.5, 0.6) is 0 Å². The summed E-state index contributed by atoms with van der Waals surface area (Å²) in [5.74, 6) is -7.90. The Balaban J connectivity index is 1.03. The van der Waals surface area contributed by atoms with Crippen molar-refractivity contribution in [3.05, 3.63) is 180 Å². The highest BCUT2D eigenvalue weighted by atomic mass is 16.2. The van der Waals surface area contributed by atoms with E-state index < -0.39 is 119 Å². The maximum Gasteiger partial charge on any atom is 0.243 e. The summed E-state index contributed by atoms with van der Waals surface area (Å²) in [6.07, 6.45) is 11.7. The number of rotatable bonds is 30. The van der Waals surface area contributed by atoms with E-state index in [0.29, 0.717) is 92.0 Å². The molecule has 6 heterocycles. The zero-order valence-electron chi connectivity index (χ0n) is 64.9. The SMILES string of the molecule is NCCCC[C@@H]1NC(=O)[C@H](Cc2c[nH]c3ccccc23)NC(=O)[C@H](CCCCN)NC(=O)[C@H](Cc2c[nH]c3ccccc23)NC(=O)[C@H](CCCCN)NC(=O)[C@H](Cc2c[nH]c3ccccc23)NC(=O)[C@H](CCCCN)NC(=O)[C@H](Cc2c[nH]c3ccccc23)NC(=O)[C@H](CCCCN)NC(=O)[C@H](Cc2c[nH]c3ccccc23)NC1=O. The fourth-order valence-electron chi connectivity index (χ4n) is 15.2. The summed E-state index contributed by atoms with van der Waals surface area (Å²) in [6.45, 7) is 1.17. The zero-order chi connectivity index (χ0) is 81.2. The van der Waals surface area contributed by atoms with Crippen molar-refractivity contribution in [1.29, 1.82) is 0 Å². The predicted molar refractivity (Wildman–Crippen MR) is 444 cm³/mol. The van der Waals surface area contributed by atoms with Gasteiger partial charge in [-0.3, -0.25) is 47.9 Å². The molecule has 1 aliphatic heterocycles. The normalized spacial score (nSPS) is 21.3. The molecular formula is C85H110N20O10. The fraction of sp³-hybridized carbons (Fsp3) is 0.412. The lowest BCUT2D eigenvalue weighted by Gasteiger charge is -2.29. The van der Waals surface area contributed by atoms with Crippen molar-refractivity contribution < 1.29 is 47.9 Å². The van der Waals surface area contributed by atoms with Crippen LogP contribution in [0.3, 0.4) is 0 Å². The molecule has 10 amide bonds. The highest BCUT2D eigenvalue weighted by Gasteiger charge is 2.39. The molecule has 5 aromatic heterocycles. The van der Waals surface area contributed by atoms with Crippen LogP contribution in [0.25, 0.3) is 54.5 Å². The lowest BCUT2D eigenvalue weighted by atomic mass is 9.99. The minimum absolute atomic E-state index is 0.00788. The highest BCUT2D eigenvalue weighted by molar-refractivity contribution is 6.01. The Labute approximate surface area is 666 Å². The number of amides is 10. The third kappa shape index (κ3) is 22.6. The van der Waals surface area contributed by atoms with Crippen LogP contribution in [0.4, 0.5) is 0 Å². The number of aromatic amines is 5. The molecule has 11 rings (SSSR count). The first-order valence-electron chi connectivity index (χ1n) is 40.2. The number of H-pyrrole nitrogens is 5. The molecule has 30 nitrogen and oxygen atoms in total. The van der Waals surface area contributed by atoms with Gasteiger partial charge < -0.3 is 107 Å². The molecule has 115 heavy (non-hydrogen) atoms. The van der Waals surface area contributed by atoms with Crippen LogP contribution in [0, 0.1) is 0 Å². The van der Waals surface area contributed by atoms with Gasteiger partial charge in [0.1, 0.15) is 60.4 Å². The van der Waals surface area contributed by atoms with Crippen LogP contribution in [0.15, 0.2) is 152 Å². The molecule has 10 aromatic rings. The quantitative estimate of drug-likeness (QED) is 0.0282. The van der Waals surface area contributed by atoms with Gasteiger partial charge in [0.05, 0.1) is 0 Å². The number of carbonyl (C=O) groups is 10. The Kier molecular flexibility index (Phi) is 30.7. The van der Waals surface area contributed by atoms with E-state index in [1.54, 1.807) is 31.0 Å². The Morgan fingerprint density at radius 2 is 0.348 bits per heavy atom. The van der Waals surface area contributed by atoms with Gasteiger partial charge in [-0.25, -0.2) is 0 Å². The van der Waals surface area contributed by atoms with E-state index >= 15 is 47.9 Å². The van der Waals surface area contributed by atoms with Crippen LogP contribution >= 0.6 is 0 Å². The first kappa shape index (κ1) is 84.2. The Bertz CT molecular complexity index is 4260. The standard InChI is InChI=1S/C85H110N20O10/c86-36-16-11-31-66-76(106)101-71(41-51-46-91-61-26-6-1-21-56(51)61)81(111)96-67(32-12-17-37-87)77(107)102-73(43-53-48-93-63-28-8-3-23-58(53)63)83(113)98-69(34-14-19-39-89)79(109)104-75(45-55-50-95-65-30-10-5-25-60(55)65)85(115)100-70(35-15-20-40-90)80(110)105-74(44-54-49-94-64-29-9-4-24-59(54)64)84(114)99-68(33-13-18-38-88)78(108)103-72(82(112)97-66)42-52-47-92-62-27-7-2-22-57(52)62/h1-10,21-30,46-50,66-75,91-95H,11-20,31-45,86-90H2,(H,96,111)(H,97,112)(H,98,113)(H,99,114)(H,100,115)(H,101,106)(H,102,107)(H,103,108)(H,104,109)(H,105,110)/t66-,67-,68-,69-,70-,71-,72-,73-,74-,75-/m0/s1. The lowest BCUT2D eigenvalue weighted by molar-refractivity contribution is -0.136. The molecule has 0 bridgehead atoms. The van der Waals surface area contributed by atoms with Crippen molar-refractivity contribution in [3.63, 3.8) is 0 Å². The van der Waals surface area contributed by atoms with Gasteiger partial charge >= 0.3 is 0 Å². The van der Waals surface area contributed by atoms with Crippen molar-refractivity contribution in [1.82, 2.24) is 78.1 Å². The molecule has 0 saturated carbocycles. The first-order valence-corrected chi connectivity index (χ1v) is 40.2. The van der Waals surface area contributed by atoms with Crippen LogP contribution in [-0.2, 0) is 80.0 Å². The summed E-state index contributed by atoms with van der Waals surface area (Å²) in [5.41, 5.74) is 37.1. The number of nitrogens with one attached hydrogen (secondary N) is 15. The molecule has 25 N–H and O–H groups in total. The van der Waals surface area contributed by atoms with Crippen LogP contribution < -0.4 is 81.8 Å². The fourth-order valence-corrected chi connectivity index (χ4v) is 15.2. The second-order valence-electron chi connectivity index (χ2n) is 29.9. The average Bonchev–Trinajstić information content (AvgIpc) is 1.76. The van der Waals surface area contributed by atoms with Gasteiger partial charge in [0.15, 0.2) is 0 Å². The van der Waals surface area contributed by atoms with Crippen molar-refractivity contribution >= 4 is 114 Å². The van der Waals surface area contributed by atoms with Gasteiger partial charge in [-0.15, -0.1) is 0 Å². The van der Waals surface area contributed by atoms with Gasteiger partial charge in [-0.1, -0.05) is 91.0 Å². The van der Waals surface area contributed by atoms with Gasteiger partial charge in [0.2, 0.25) is 59.1 Å². The van der Waals surface area contributed by atoms with E-state index in [1.165, 1.54) is 0 Å². The second-order valence-corrected chi connectivity index (χ2v) is 29.9. The molecule has 0 unspecified atom stereocenters. The average molecular weight is 1570 g/mol. The number of benzene rings is 5. The van der Waals surface area contributed by atoms with Gasteiger partial charge in [0.25, 0.3) is 0 Å². The molecule has 10 atom stereocenters. The molecule has 1 saturated heterocycles. The predicted octanol–water partition coefficient (Wildman–Crippen LogP) is 4.11. The lowest BCUT2D eigenvalue weighted by Crippen LogP contribution is -2.62. The van der Waals surface area contributed by atoms with E-state index in [4.69, 9.17) is 28.7 Å². The second kappa shape index (κ2) is 41.9. The number of fused-ring (bicyclic) bond motifs is 5. The smallest absolute Gasteiger partial charge is 0.243 e. The minimum Gasteiger partial charge on any atom is -0.361 e. The van der Waals surface area contributed by atoms with Crippen molar-refractivity contribution in [2.75, 3.05) is 32.7 Å². The van der Waals surface area contributed by atoms with E-state index in [0.717, 1.165) is 54.5 Å². The molecule has 0 aliphatic carbocycles. The van der Waals surface area contributed by atoms with Crippen molar-refractivity contribution in [2.24, 2.45) is 28.7 Å². The number of carbonyl (C=O) groups excluding carboxylic acids is 10. The summed E-state index contributed by atoms with van der Waals surface area (Å²) in [5, 5.41) is 33.2. The number of unbranched alkanes of at least 4 members (excludes halogenated alkanes) is 5.